The van der Waals surface area contributed by atoms with Gasteiger partial charge in [0, 0.05) is 5.57 Å². The highest BCUT2D eigenvalue weighted by atomic mass is 79.9. The Bertz CT molecular complexity index is 698. The third-order valence-electron chi connectivity index (χ3n) is 3.79. The Labute approximate surface area is 231 Å². The molecule has 12 heteroatoms. The van der Waals surface area contributed by atoms with Crippen molar-refractivity contribution < 1.29 is 48.3 Å². The van der Waals surface area contributed by atoms with E-state index in [0.717, 1.165) is 0 Å². The fraction of sp³-hybridized carbons (Fsp3) is 0.750. The highest BCUT2D eigenvalue weighted by Crippen LogP contribution is 2.35. The van der Waals surface area contributed by atoms with Gasteiger partial charge in [0.25, 0.3) is 0 Å². The van der Waals surface area contributed by atoms with Crippen molar-refractivity contribution in [2.75, 3.05) is 39.6 Å². The van der Waals surface area contributed by atoms with Crippen molar-refractivity contribution in [1.29, 1.82) is 0 Å². The first-order chi connectivity index (χ1) is 16.3. The molecule has 0 aliphatic rings. The van der Waals surface area contributed by atoms with Crippen LogP contribution in [0.5, 0.6) is 0 Å². The molecule has 0 rings (SSSR count). The van der Waals surface area contributed by atoms with Crippen LogP contribution in [-0.4, -0.2) is 82.4 Å². The molecule has 0 fully saturated rings. The van der Waals surface area contributed by atoms with E-state index in [9.17, 15) is 19.2 Å². The summed E-state index contributed by atoms with van der Waals surface area (Å²) in [4.78, 5) is 44.8. The van der Waals surface area contributed by atoms with Gasteiger partial charge in [0.15, 0.2) is 0 Å². The first-order valence-corrected chi connectivity index (χ1v) is 12.9. The lowest BCUT2D eigenvalue weighted by Gasteiger charge is -2.30. The number of carbonyl (C=O) groups is 4. The number of halogens is 2. The Hall–Kier alpha value is -1.50. The third-order valence-corrected chi connectivity index (χ3v) is 4.71. The van der Waals surface area contributed by atoms with E-state index in [1.54, 1.807) is 55.4 Å². The summed E-state index contributed by atoms with van der Waals surface area (Å²) < 4.78 is 17.5. The Morgan fingerprint density at radius 1 is 0.750 bits per heavy atom. The van der Waals surface area contributed by atoms with Gasteiger partial charge in [-0.05, 0) is 61.8 Å². The van der Waals surface area contributed by atoms with Crippen molar-refractivity contribution in [1.82, 2.24) is 0 Å². The Kier molecular flexibility index (Phi) is 21.2. The minimum Gasteiger partial charge on any atom is -0.466 e. The molecular weight excluding hydrogens is 608 g/mol. The largest absolute Gasteiger partial charge is 0.466 e. The van der Waals surface area contributed by atoms with Gasteiger partial charge < -0.3 is 29.2 Å². The molecule has 0 spiro atoms. The maximum atomic E-state index is 11.7. The van der Waals surface area contributed by atoms with Crippen LogP contribution < -0.4 is 0 Å². The summed E-state index contributed by atoms with van der Waals surface area (Å²) in [5.74, 6) is -1.53. The number of esters is 4. The van der Waals surface area contributed by atoms with E-state index in [0.29, 0.717) is 18.8 Å². The fourth-order valence-corrected chi connectivity index (χ4v) is 3.08. The van der Waals surface area contributed by atoms with Crippen LogP contribution in [0.2, 0.25) is 0 Å². The van der Waals surface area contributed by atoms with Crippen LogP contribution in [0.25, 0.3) is 0 Å². The lowest BCUT2D eigenvalue weighted by molar-refractivity contribution is -0.156. The number of rotatable bonds is 12. The van der Waals surface area contributed by atoms with Gasteiger partial charge in [0.1, 0.15) is 21.9 Å². The molecule has 0 aliphatic heterocycles. The molecule has 2 N–H and O–H groups in total. The van der Waals surface area contributed by atoms with Crippen LogP contribution in [0.3, 0.4) is 0 Å². The van der Waals surface area contributed by atoms with Gasteiger partial charge in [0.2, 0.25) is 0 Å². The van der Waals surface area contributed by atoms with E-state index >= 15 is 0 Å². The van der Waals surface area contributed by atoms with Crippen molar-refractivity contribution in [2.45, 2.75) is 70.5 Å². The average Bonchev–Trinajstić information content (AvgIpc) is 2.75. The maximum absolute atomic E-state index is 11.7. The molecule has 1 unspecified atom stereocenters. The van der Waals surface area contributed by atoms with Crippen LogP contribution in [0.4, 0.5) is 0 Å². The van der Waals surface area contributed by atoms with Gasteiger partial charge in [-0.1, -0.05) is 38.4 Å². The molecule has 1 atom stereocenters. The molecule has 0 aliphatic carbocycles. The summed E-state index contributed by atoms with van der Waals surface area (Å²) in [6, 6.07) is 0. The quantitative estimate of drug-likeness (QED) is 0.139. The summed E-state index contributed by atoms with van der Waals surface area (Å²) >= 11 is 6.44. The van der Waals surface area contributed by atoms with E-state index in [1.807, 2.05) is 0 Å². The number of aliphatic hydroxyl groups is 2. The normalized spacial score (nSPS) is 12.3. The van der Waals surface area contributed by atoms with E-state index < -0.39 is 26.0 Å². The van der Waals surface area contributed by atoms with Crippen molar-refractivity contribution in [3.63, 3.8) is 0 Å². The Morgan fingerprint density at radius 3 is 1.50 bits per heavy atom. The molecule has 0 amide bonds. The predicted molar refractivity (Wildman–Crippen MR) is 143 cm³/mol. The molecule has 0 aromatic heterocycles. The molecule has 212 valence electrons. The van der Waals surface area contributed by atoms with Crippen molar-refractivity contribution in [3.05, 3.63) is 12.2 Å². The molecule has 10 nitrogen and oxygen atoms in total. The van der Waals surface area contributed by atoms with Gasteiger partial charge in [-0.3, -0.25) is 14.4 Å². The highest BCUT2D eigenvalue weighted by Gasteiger charge is 2.42. The smallest absolute Gasteiger partial charge is 0.333 e. The lowest BCUT2D eigenvalue weighted by Crippen LogP contribution is -2.40. The minimum absolute atomic E-state index is 0.0473. The zero-order valence-corrected chi connectivity index (χ0v) is 25.7. The van der Waals surface area contributed by atoms with Gasteiger partial charge in [0.05, 0.1) is 31.8 Å². The average molecular weight is 650 g/mol. The molecule has 0 bridgehead atoms. The zero-order chi connectivity index (χ0) is 29.2. The Morgan fingerprint density at radius 2 is 1.17 bits per heavy atom. The summed E-state index contributed by atoms with van der Waals surface area (Å²) in [6.45, 7) is 17.4. The van der Waals surface area contributed by atoms with Gasteiger partial charge in [-0.15, -0.1) is 0 Å². The van der Waals surface area contributed by atoms with Gasteiger partial charge >= 0.3 is 23.9 Å². The molecular formula is C24H42Br2O10. The molecule has 0 heterocycles. The SMILES string of the molecule is C=C(C)C(=O)OCCO.CCOC(=O)C(C)(C)Br.CCOC(=O)C(C)(C)CC(C)(Br)C(=O)OCCO. The number of aliphatic hydroxyl groups excluding tert-OH is 2. The van der Waals surface area contributed by atoms with Crippen LogP contribution in [0, 0.1) is 5.41 Å². The van der Waals surface area contributed by atoms with E-state index in [2.05, 4.69) is 43.2 Å². The van der Waals surface area contributed by atoms with E-state index in [4.69, 9.17) is 24.4 Å². The summed E-state index contributed by atoms with van der Waals surface area (Å²) in [5, 5.41) is 16.8. The third kappa shape index (κ3) is 19.7. The molecule has 0 aromatic carbocycles. The number of hydrogen-bond acceptors (Lipinski definition) is 10. The van der Waals surface area contributed by atoms with Crippen molar-refractivity contribution in [3.8, 4) is 0 Å². The van der Waals surface area contributed by atoms with Gasteiger partial charge in [-0.25, -0.2) is 4.79 Å². The Balaban J connectivity index is -0.000000507. The topological polar surface area (TPSA) is 146 Å². The van der Waals surface area contributed by atoms with Crippen molar-refractivity contribution in [2.24, 2.45) is 5.41 Å². The van der Waals surface area contributed by atoms with E-state index in [-0.39, 0.29) is 44.8 Å². The molecule has 0 saturated carbocycles. The molecule has 0 radical (unpaired) electrons. The zero-order valence-electron chi connectivity index (χ0n) is 22.6. The standard InChI is InChI=1S/C12H21BrO5.C6H11BrO2.C6H10O3/c1-5-17-9(15)11(2,3)8-12(4,13)10(16)18-7-6-14;1-4-9-5(8)6(2,3)7;1-5(2)6(8)9-4-3-7/h14H,5-8H2,1-4H3;4H2,1-3H3;7H,1,3-4H2,2H3. The van der Waals surface area contributed by atoms with Crippen LogP contribution in [0.15, 0.2) is 12.2 Å². The second kappa shape index (κ2) is 19.6. The summed E-state index contributed by atoms with van der Waals surface area (Å²) in [5.41, 5.74) is -0.449. The first-order valence-electron chi connectivity index (χ1n) is 11.3. The van der Waals surface area contributed by atoms with Crippen molar-refractivity contribution >= 4 is 55.7 Å². The molecule has 0 saturated heterocycles. The molecule has 0 aromatic rings. The summed E-state index contributed by atoms with van der Waals surface area (Å²) in [7, 11) is 0. The second-order valence-electron chi connectivity index (χ2n) is 8.67. The van der Waals surface area contributed by atoms with Gasteiger partial charge in [-0.2, -0.15) is 0 Å². The van der Waals surface area contributed by atoms with Crippen LogP contribution in [0.1, 0.15) is 61.8 Å². The summed E-state index contributed by atoms with van der Waals surface area (Å²) in [6.07, 6.45) is 0.239. The highest BCUT2D eigenvalue weighted by molar-refractivity contribution is 9.10. The van der Waals surface area contributed by atoms with Crippen LogP contribution in [-0.2, 0) is 38.1 Å². The monoisotopic (exact) mass is 648 g/mol. The first kappa shape index (κ1) is 39.0. The number of ether oxygens (including phenoxy) is 4. The number of hydrogen-bond donors (Lipinski definition) is 2. The number of alkyl halides is 2. The van der Waals surface area contributed by atoms with E-state index in [1.165, 1.54) is 0 Å². The predicted octanol–water partition coefficient (Wildman–Crippen LogP) is 3.48. The van der Waals surface area contributed by atoms with Crippen LogP contribution >= 0.6 is 31.9 Å². The molecule has 36 heavy (non-hydrogen) atoms. The second-order valence-corrected chi connectivity index (χ2v) is 12.4. The minimum atomic E-state index is -0.988. The fourth-order valence-electron chi connectivity index (χ4n) is 2.15. The maximum Gasteiger partial charge on any atom is 0.333 e. The number of carbonyl (C=O) groups excluding carboxylic acids is 4. The lowest BCUT2D eigenvalue weighted by atomic mass is 9.83.